The van der Waals surface area contributed by atoms with E-state index in [-0.39, 0.29) is 5.57 Å². The third-order valence-corrected chi connectivity index (χ3v) is 2.33. The summed E-state index contributed by atoms with van der Waals surface area (Å²) in [6, 6.07) is 3.51. The predicted octanol–water partition coefficient (Wildman–Crippen LogP) is 0.767. The van der Waals surface area contributed by atoms with Gasteiger partial charge in [-0.25, -0.2) is 4.79 Å². The zero-order valence-corrected chi connectivity index (χ0v) is 11.0. The van der Waals surface area contributed by atoms with Crippen LogP contribution in [0.25, 0.3) is 5.70 Å². The van der Waals surface area contributed by atoms with Gasteiger partial charge in [0.1, 0.15) is 11.3 Å². The fourth-order valence-corrected chi connectivity index (χ4v) is 1.40. The van der Waals surface area contributed by atoms with Gasteiger partial charge in [-0.2, -0.15) is 0 Å². The first-order valence-corrected chi connectivity index (χ1v) is 5.48. The summed E-state index contributed by atoms with van der Waals surface area (Å²) in [5.41, 5.74) is 5.58. The van der Waals surface area contributed by atoms with Crippen molar-refractivity contribution in [3.05, 3.63) is 41.9 Å². The Labute approximate surface area is 111 Å². The number of hydrogen-bond donors (Lipinski definition) is 1. The van der Waals surface area contributed by atoms with Crippen molar-refractivity contribution in [3.8, 4) is 0 Å². The molecular weight excluding hydrogens is 248 g/mol. The van der Waals surface area contributed by atoms with Crippen LogP contribution in [-0.2, 0) is 14.3 Å². The van der Waals surface area contributed by atoms with Gasteiger partial charge in [0.2, 0.25) is 0 Å². The summed E-state index contributed by atoms with van der Waals surface area (Å²) in [4.78, 5) is 24.3. The van der Waals surface area contributed by atoms with Gasteiger partial charge in [-0.1, -0.05) is 0 Å². The third kappa shape index (κ3) is 3.74. The minimum absolute atomic E-state index is 0.228. The van der Waals surface area contributed by atoms with Crippen LogP contribution in [0.1, 0.15) is 5.76 Å². The van der Waals surface area contributed by atoms with Crippen LogP contribution in [0.3, 0.4) is 0 Å². The second-order valence-corrected chi connectivity index (χ2v) is 3.86. The number of allylic oxidation sites excluding steroid dienone is 2. The first-order chi connectivity index (χ1) is 8.97. The highest BCUT2D eigenvalue weighted by Crippen LogP contribution is 2.17. The third-order valence-electron chi connectivity index (χ3n) is 2.33. The summed E-state index contributed by atoms with van der Waals surface area (Å²) in [5, 5.41) is 0. The molecule has 0 bridgehead atoms. The van der Waals surface area contributed by atoms with Crippen LogP contribution in [0.2, 0.25) is 0 Å². The van der Waals surface area contributed by atoms with Gasteiger partial charge in [-0.3, -0.25) is 4.79 Å². The number of methoxy groups -OCH3 is 1. The van der Waals surface area contributed by atoms with Crippen LogP contribution in [-0.4, -0.2) is 38.0 Å². The largest absolute Gasteiger partial charge is 0.465 e. The Bertz CT molecular complexity index is 513. The van der Waals surface area contributed by atoms with E-state index in [1.54, 1.807) is 23.1 Å². The van der Waals surface area contributed by atoms with Crippen LogP contribution in [0.15, 0.2) is 40.5 Å². The maximum Gasteiger partial charge on any atom is 0.343 e. The van der Waals surface area contributed by atoms with Gasteiger partial charge in [0.25, 0.3) is 5.91 Å². The minimum atomic E-state index is -0.847. The number of rotatable bonds is 5. The van der Waals surface area contributed by atoms with Gasteiger partial charge in [-0.15, -0.1) is 0 Å². The van der Waals surface area contributed by atoms with Gasteiger partial charge >= 0.3 is 5.97 Å². The number of furan rings is 1. The number of carbonyl (C=O) groups is 2. The van der Waals surface area contributed by atoms with Crippen molar-refractivity contribution in [2.45, 2.75) is 0 Å². The Morgan fingerprint density at radius 2 is 2.05 bits per heavy atom. The number of nitrogens with zero attached hydrogens (tertiary/aromatic N) is 1. The lowest BCUT2D eigenvalue weighted by atomic mass is 10.2. The molecule has 2 N–H and O–H groups in total. The van der Waals surface area contributed by atoms with Crippen molar-refractivity contribution in [1.82, 2.24) is 4.90 Å². The average Bonchev–Trinajstić information content (AvgIpc) is 2.86. The first kappa shape index (κ1) is 14.6. The summed E-state index contributed by atoms with van der Waals surface area (Å²) in [6.45, 7) is 0. The molecule has 0 aliphatic carbocycles. The molecular formula is C13H16N2O4. The van der Waals surface area contributed by atoms with E-state index in [1.807, 2.05) is 14.1 Å². The van der Waals surface area contributed by atoms with Crippen molar-refractivity contribution in [2.75, 3.05) is 21.2 Å². The Morgan fingerprint density at radius 3 is 2.47 bits per heavy atom. The summed E-state index contributed by atoms with van der Waals surface area (Å²) >= 11 is 0. The molecule has 0 radical (unpaired) electrons. The Balaban J connectivity index is 3.15. The van der Waals surface area contributed by atoms with Crippen LogP contribution in [0, 0.1) is 0 Å². The lowest BCUT2D eigenvalue weighted by molar-refractivity contribution is -0.137. The van der Waals surface area contributed by atoms with E-state index < -0.39 is 11.9 Å². The Hall–Kier alpha value is -2.50. The molecule has 19 heavy (non-hydrogen) atoms. The molecule has 0 saturated carbocycles. The molecule has 1 aromatic heterocycles. The SMILES string of the molecule is COC(=O)C(=CC=C(c1ccco1)N(C)C)C(N)=O. The van der Waals surface area contributed by atoms with Crippen LogP contribution >= 0.6 is 0 Å². The van der Waals surface area contributed by atoms with Gasteiger partial charge in [0.15, 0.2) is 0 Å². The summed E-state index contributed by atoms with van der Waals surface area (Å²) < 4.78 is 9.75. The first-order valence-electron chi connectivity index (χ1n) is 5.48. The molecule has 0 atom stereocenters. The fourth-order valence-electron chi connectivity index (χ4n) is 1.40. The van der Waals surface area contributed by atoms with Crippen molar-refractivity contribution in [3.63, 3.8) is 0 Å². The van der Waals surface area contributed by atoms with E-state index in [9.17, 15) is 9.59 Å². The van der Waals surface area contributed by atoms with E-state index in [4.69, 9.17) is 10.2 Å². The summed E-state index contributed by atoms with van der Waals surface area (Å²) in [5.74, 6) is -1.02. The summed E-state index contributed by atoms with van der Waals surface area (Å²) in [7, 11) is 4.80. The van der Waals surface area contributed by atoms with Gasteiger partial charge in [0, 0.05) is 14.1 Å². The number of carbonyl (C=O) groups excluding carboxylic acids is 2. The molecule has 1 rings (SSSR count). The van der Waals surface area contributed by atoms with Crippen molar-refractivity contribution in [1.29, 1.82) is 0 Å². The lowest BCUT2D eigenvalue weighted by Crippen LogP contribution is -2.21. The predicted molar refractivity (Wildman–Crippen MR) is 69.7 cm³/mol. The maximum atomic E-state index is 11.4. The van der Waals surface area contributed by atoms with E-state index >= 15 is 0 Å². The highest BCUT2D eigenvalue weighted by atomic mass is 16.5. The molecule has 0 aliphatic rings. The number of primary amides is 1. The summed E-state index contributed by atoms with van der Waals surface area (Å²) in [6.07, 6.45) is 4.41. The average molecular weight is 264 g/mol. The molecule has 0 fully saturated rings. The highest BCUT2D eigenvalue weighted by molar-refractivity contribution is 6.16. The van der Waals surface area contributed by atoms with Crippen LogP contribution in [0.5, 0.6) is 0 Å². The van der Waals surface area contributed by atoms with Crippen molar-refractivity contribution < 1.29 is 18.7 Å². The van der Waals surface area contributed by atoms with Gasteiger partial charge < -0.3 is 19.8 Å². The number of nitrogens with two attached hydrogens (primary N) is 1. The van der Waals surface area contributed by atoms with Gasteiger partial charge in [0.05, 0.1) is 19.1 Å². The standard InChI is InChI=1S/C13H16N2O4/c1-15(2)10(11-5-4-8-19-11)7-6-9(12(14)16)13(17)18-3/h4-8H,1-3H3,(H2,14,16). The lowest BCUT2D eigenvalue weighted by Gasteiger charge is -2.14. The highest BCUT2D eigenvalue weighted by Gasteiger charge is 2.15. The molecule has 0 spiro atoms. The van der Waals surface area contributed by atoms with Crippen LogP contribution in [0.4, 0.5) is 0 Å². The molecule has 0 aliphatic heterocycles. The topological polar surface area (TPSA) is 85.8 Å². The van der Waals surface area contributed by atoms with E-state index in [0.29, 0.717) is 11.5 Å². The minimum Gasteiger partial charge on any atom is -0.465 e. The van der Waals surface area contributed by atoms with Gasteiger partial charge in [-0.05, 0) is 24.3 Å². The van der Waals surface area contributed by atoms with E-state index in [2.05, 4.69) is 4.74 Å². The quantitative estimate of drug-likeness (QED) is 0.279. The van der Waals surface area contributed by atoms with E-state index in [1.165, 1.54) is 19.4 Å². The smallest absolute Gasteiger partial charge is 0.343 e. The number of amides is 1. The second kappa shape index (κ2) is 6.44. The zero-order chi connectivity index (χ0) is 14.4. The molecule has 0 aromatic carbocycles. The maximum absolute atomic E-state index is 11.4. The Morgan fingerprint density at radius 1 is 1.37 bits per heavy atom. The molecule has 1 heterocycles. The molecule has 1 amide bonds. The Kier molecular flexibility index (Phi) is 4.93. The molecule has 0 unspecified atom stereocenters. The molecule has 102 valence electrons. The van der Waals surface area contributed by atoms with E-state index in [0.717, 1.165) is 0 Å². The van der Waals surface area contributed by atoms with Crippen molar-refractivity contribution in [2.24, 2.45) is 5.73 Å². The second-order valence-electron chi connectivity index (χ2n) is 3.86. The number of hydrogen-bond acceptors (Lipinski definition) is 5. The molecule has 1 aromatic rings. The molecule has 6 nitrogen and oxygen atoms in total. The molecule has 6 heteroatoms. The number of ether oxygens (including phenoxy) is 1. The normalized spacial score (nSPS) is 12.2. The van der Waals surface area contributed by atoms with Crippen LogP contribution < -0.4 is 5.73 Å². The number of esters is 1. The fraction of sp³-hybridized carbons (Fsp3) is 0.231. The van der Waals surface area contributed by atoms with Crippen molar-refractivity contribution >= 4 is 17.6 Å². The molecule has 0 saturated heterocycles. The zero-order valence-electron chi connectivity index (χ0n) is 11.0. The monoisotopic (exact) mass is 264 g/mol.